The number of hydrogen-bond donors (Lipinski definition) is 1. The number of benzene rings is 2. The lowest BCUT2D eigenvalue weighted by atomic mass is 9.93. The van der Waals surface area contributed by atoms with Crippen LogP contribution < -0.4 is 14.8 Å². The van der Waals surface area contributed by atoms with E-state index in [2.05, 4.69) is 5.32 Å². The number of carbonyl (C=O) groups excluding carboxylic acids is 2. The number of nitrogens with zero attached hydrogens (tertiary/aromatic N) is 1. The SMILES string of the molecule is COc1cccc(C2CCCCN(C)C2=O)c1.COc1cccc(C2CCCCNC2=O)c1. The third kappa shape index (κ3) is 6.73. The standard InChI is InChI=1S/C14H19NO2.C13H17NO2/c1-15-9-4-3-8-13(14(15)16)11-6-5-7-12(10-11)17-2;1-16-11-6-4-5-10(9-11)12-7-2-3-8-14-13(12)15/h5-7,10,13H,3-4,8-9H2,1-2H3;4-6,9,12H,2-3,7-8H2,1H3,(H,14,15). The van der Waals surface area contributed by atoms with E-state index in [1.165, 1.54) is 0 Å². The van der Waals surface area contributed by atoms with Crippen molar-refractivity contribution < 1.29 is 19.1 Å². The number of likely N-dealkylation sites (tertiary alicyclic amines) is 1. The van der Waals surface area contributed by atoms with E-state index in [4.69, 9.17) is 9.47 Å². The van der Waals surface area contributed by atoms with Gasteiger partial charge in [0, 0.05) is 20.1 Å². The molecule has 6 nitrogen and oxygen atoms in total. The van der Waals surface area contributed by atoms with Gasteiger partial charge in [0.15, 0.2) is 0 Å². The molecule has 2 aliphatic rings. The molecule has 4 rings (SSSR count). The number of ether oxygens (including phenoxy) is 2. The summed E-state index contributed by atoms with van der Waals surface area (Å²) in [5.41, 5.74) is 2.13. The summed E-state index contributed by atoms with van der Waals surface area (Å²) < 4.78 is 10.4. The molecule has 33 heavy (non-hydrogen) atoms. The first-order chi connectivity index (χ1) is 16.0. The number of carbonyl (C=O) groups is 2. The molecular weight excluding hydrogens is 416 g/mol. The molecule has 2 aliphatic heterocycles. The molecule has 0 saturated carbocycles. The van der Waals surface area contributed by atoms with E-state index in [-0.39, 0.29) is 23.7 Å². The Morgan fingerprint density at radius 1 is 0.818 bits per heavy atom. The van der Waals surface area contributed by atoms with Crippen LogP contribution in [0, 0.1) is 0 Å². The first kappa shape index (κ1) is 24.6. The second-order valence-corrected chi connectivity index (χ2v) is 8.70. The van der Waals surface area contributed by atoms with Gasteiger partial charge in [0.25, 0.3) is 0 Å². The van der Waals surface area contributed by atoms with E-state index in [1.807, 2.05) is 60.5 Å². The van der Waals surface area contributed by atoms with Gasteiger partial charge in [-0.1, -0.05) is 37.1 Å². The fraction of sp³-hybridized carbons (Fsp3) is 0.481. The fourth-order valence-electron chi connectivity index (χ4n) is 4.48. The summed E-state index contributed by atoms with van der Waals surface area (Å²) >= 11 is 0. The maximum atomic E-state index is 12.2. The summed E-state index contributed by atoms with van der Waals surface area (Å²) in [5, 5.41) is 2.95. The van der Waals surface area contributed by atoms with Crippen molar-refractivity contribution in [3.05, 3.63) is 59.7 Å². The van der Waals surface area contributed by atoms with Crippen LogP contribution in [0.5, 0.6) is 11.5 Å². The molecule has 2 amide bonds. The molecule has 0 bridgehead atoms. The molecule has 2 fully saturated rings. The molecule has 1 N–H and O–H groups in total. The van der Waals surface area contributed by atoms with E-state index >= 15 is 0 Å². The number of amides is 2. The summed E-state index contributed by atoms with van der Waals surface area (Å²) in [7, 11) is 5.19. The molecule has 2 aromatic carbocycles. The predicted molar refractivity (Wildman–Crippen MR) is 130 cm³/mol. The minimum atomic E-state index is -0.0161. The predicted octanol–water partition coefficient (Wildman–Crippen LogP) is 4.50. The Hall–Kier alpha value is -3.02. The second kappa shape index (κ2) is 12.3. The van der Waals surface area contributed by atoms with E-state index in [0.29, 0.717) is 0 Å². The first-order valence-corrected chi connectivity index (χ1v) is 11.8. The highest BCUT2D eigenvalue weighted by Gasteiger charge is 2.26. The van der Waals surface area contributed by atoms with Gasteiger partial charge in [-0.05, 0) is 61.1 Å². The van der Waals surface area contributed by atoms with Crippen molar-refractivity contribution in [2.75, 3.05) is 34.4 Å². The van der Waals surface area contributed by atoms with Crippen LogP contribution in [0.4, 0.5) is 0 Å². The number of likely N-dealkylation sites (N-methyl/N-ethyl adjacent to an activating group) is 1. The summed E-state index contributed by atoms with van der Waals surface area (Å²) in [4.78, 5) is 25.9. The van der Waals surface area contributed by atoms with Crippen molar-refractivity contribution in [3.8, 4) is 11.5 Å². The third-order valence-corrected chi connectivity index (χ3v) is 6.44. The van der Waals surface area contributed by atoms with E-state index in [9.17, 15) is 9.59 Å². The summed E-state index contributed by atoms with van der Waals surface area (Å²) in [5.74, 6) is 1.99. The molecule has 178 valence electrons. The van der Waals surface area contributed by atoms with Crippen LogP contribution in [0.1, 0.15) is 61.5 Å². The van der Waals surface area contributed by atoms with Gasteiger partial charge in [-0.25, -0.2) is 0 Å². The largest absolute Gasteiger partial charge is 0.497 e. The monoisotopic (exact) mass is 452 g/mol. The maximum absolute atomic E-state index is 12.2. The van der Waals surface area contributed by atoms with E-state index < -0.39 is 0 Å². The number of methoxy groups -OCH3 is 2. The average Bonchev–Trinajstić information content (AvgIpc) is 3.17. The van der Waals surface area contributed by atoms with Crippen molar-refractivity contribution in [2.24, 2.45) is 0 Å². The second-order valence-electron chi connectivity index (χ2n) is 8.70. The Bertz CT molecular complexity index is 930. The summed E-state index contributed by atoms with van der Waals surface area (Å²) in [6.45, 7) is 1.68. The van der Waals surface area contributed by atoms with Crippen LogP contribution in [-0.4, -0.2) is 51.1 Å². The average molecular weight is 453 g/mol. The van der Waals surface area contributed by atoms with E-state index in [1.54, 1.807) is 14.2 Å². The minimum absolute atomic E-state index is 0.00222. The molecule has 2 unspecified atom stereocenters. The van der Waals surface area contributed by atoms with Crippen LogP contribution in [0.3, 0.4) is 0 Å². The molecule has 0 radical (unpaired) electrons. The van der Waals surface area contributed by atoms with Gasteiger partial charge >= 0.3 is 0 Å². The quantitative estimate of drug-likeness (QED) is 0.742. The van der Waals surface area contributed by atoms with Crippen LogP contribution in [-0.2, 0) is 9.59 Å². The van der Waals surface area contributed by atoms with Crippen molar-refractivity contribution in [3.63, 3.8) is 0 Å². The topological polar surface area (TPSA) is 67.9 Å². The van der Waals surface area contributed by atoms with Gasteiger partial charge in [0.2, 0.25) is 11.8 Å². The first-order valence-electron chi connectivity index (χ1n) is 11.8. The Kier molecular flexibility index (Phi) is 9.16. The molecule has 2 atom stereocenters. The van der Waals surface area contributed by atoms with Crippen molar-refractivity contribution >= 4 is 11.8 Å². The maximum Gasteiger partial charge on any atom is 0.229 e. The van der Waals surface area contributed by atoms with Crippen molar-refractivity contribution in [2.45, 2.75) is 50.4 Å². The van der Waals surface area contributed by atoms with Crippen molar-refractivity contribution in [1.29, 1.82) is 0 Å². The summed E-state index contributed by atoms with van der Waals surface area (Å²) in [6.07, 6.45) is 6.25. The van der Waals surface area contributed by atoms with E-state index in [0.717, 1.165) is 74.2 Å². The molecular formula is C27H36N2O4. The highest BCUT2D eigenvalue weighted by Crippen LogP contribution is 2.29. The zero-order valence-corrected chi connectivity index (χ0v) is 20.0. The zero-order chi connectivity index (χ0) is 23.6. The lowest BCUT2D eigenvalue weighted by molar-refractivity contribution is -0.131. The molecule has 2 saturated heterocycles. The molecule has 0 aliphatic carbocycles. The van der Waals surface area contributed by atoms with Gasteiger partial charge in [-0.2, -0.15) is 0 Å². The van der Waals surface area contributed by atoms with Gasteiger partial charge in [0.1, 0.15) is 11.5 Å². The van der Waals surface area contributed by atoms with Crippen LogP contribution in [0.2, 0.25) is 0 Å². The number of nitrogens with one attached hydrogen (secondary N) is 1. The fourth-order valence-corrected chi connectivity index (χ4v) is 4.48. The number of hydrogen-bond acceptors (Lipinski definition) is 4. The van der Waals surface area contributed by atoms with Crippen LogP contribution in [0.25, 0.3) is 0 Å². The van der Waals surface area contributed by atoms with Gasteiger partial charge in [-0.15, -0.1) is 0 Å². The highest BCUT2D eigenvalue weighted by atomic mass is 16.5. The smallest absolute Gasteiger partial charge is 0.229 e. The van der Waals surface area contributed by atoms with Gasteiger partial charge < -0.3 is 19.7 Å². The molecule has 6 heteroatoms. The lowest BCUT2D eigenvalue weighted by Crippen LogP contribution is -2.30. The third-order valence-electron chi connectivity index (χ3n) is 6.44. The molecule has 2 aromatic rings. The highest BCUT2D eigenvalue weighted by molar-refractivity contribution is 5.84. The van der Waals surface area contributed by atoms with Crippen molar-refractivity contribution in [1.82, 2.24) is 10.2 Å². The van der Waals surface area contributed by atoms with Crippen LogP contribution in [0.15, 0.2) is 48.5 Å². The Morgan fingerprint density at radius 3 is 2.03 bits per heavy atom. The number of rotatable bonds is 4. The van der Waals surface area contributed by atoms with Crippen LogP contribution >= 0.6 is 0 Å². The zero-order valence-electron chi connectivity index (χ0n) is 20.0. The Labute approximate surface area is 197 Å². The Morgan fingerprint density at radius 2 is 1.39 bits per heavy atom. The molecule has 0 spiro atoms. The lowest BCUT2D eigenvalue weighted by Gasteiger charge is -2.20. The minimum Gasteiger partial charge on any atom is -0.497 e. The molecule has 0 aromatic heterocycles. The normalized spacial score (nSPS) is 21.1. The Balaban J connectivity index is 0.000000186. The van der Waals surface area contributed by atoms with Gasteiger partial charge in [-0.3, -0.25) is 9.59 Å². The van der Waals surface area contributed by atoms with Gasteiger partial charge in [0.05, 0.1) is 26.1 Å². The summed E-state index contributed by atoms with van der Waals surface area (Å²) in [6, 6.07) is 15.6. The molecule has 2 heterocycles.